The maximum absolute atomic E-state index is 12.8. The first kappa shape index (κ1) is 17.2. The first-order chi connectivity index (χ1) is 11.5. The molecule has 0 aromatic heterocycles. The molecular weight excluding hydrogens is 333 g/mol. The van der Waals surface area contributed by atoms with Crippen LogP contribution in [0.1, 0.15) is 32.1 Å². The summed E-state index contributed by atoms with van der Waals surface area (Å²) < 4.78 is 43.2. The summed E-state index contributed by atoms with van der Waals surface area (Å²) in [5, 5.41) is -0.667. The van der Waals surface area contributed by atoms with E-state index in [1.165, 1.54) is 29.2 Å². The van der Waals surface area contributed by atoms with Crippen molar-refractivity contribution in [2.75, 3.05) is 19.7 Å². The number of sulfone groups is 1. The van der Waals surface area contributed by atoms with Crippen molar-refractivity contribution in [3.63, 3.8) is 0 Å². The topological polar surface area (TPSA) is 63.7 Å². The van der Waals surface area contributed by atoms with Gasteiger partial charge in [-0.15, -0.1) is 0 Å². The maximum Gasteiger partial charge on any atom is 0.260 e. The number of carbonyl (C=O) groups excluding carboxylic acids is 1. The molecule has 1 aliphatic heterocycles. The molecule has 0 unspecified atom stereocenters. The van der Waals surface area contributed by atoms with Crippen LogP contribution >= 0.6 is 0 Å². The molecule has 2 aliphatic rings. The third kappa shape index (κ3) is 3.71. The molecular formula is C17H22FNO4S. The lowest BCUT2D eigenvalue weighted by Crippen LogP contribution is -2.59. The number of halogens is 1. The van der Waals surface area contributed by atoms with Crippen molar-refractivity contribution in [2.45, 2.75) is 42.6 Å². The van der Waals surface area contributed by atoms with Crippen molar-refractivity contribution in [3.8, 4) is 5.75 Å². The lowest BCUT2D eigenvalue weighted by atomic mass is 10.0. The third-order valence-corrected chi connectivity index (χ3v) is 7.49. The molecule has 0 radical (unpaired) electrons. The predicted octanol–water partition coefficient (Wildman–Crippen LogP) is 2.16. The first-order valence-electron chi connectivity index (χ1n) is 8.35. The highest BCUT2D eigenvalue weighted by atomic mass is 32.2. The van der Waals surface area contributed by atoms with Crippen LogP contribution in [0.5, 0.6) is 5.75 Å². The normalized spacial score (nSPS) is 19.8. The Kier molecular flexibility index (Phi) is 5.08. The van der Waals surface area contributed by atoms with Crippen LogP contribution in [0.3, 0.4) is 0 Å². The van der Waals surface area contributed by atoms with Crippen LogP contribution in [0.15, 0.2) is 24.3 Å². The summed E-state index contributed by atoms with van der Waals surface area (Å²) in [4.78, 5) is 13.6. The molecule has 132 valence electrons. The van der Waals surface area contributed by atoms with E-state index in [0.717, 1.165) is 32.1 Å². The van der Waals surface area contributed by atoms with Gasteiger partial charge in [-0.3, -0.25) is 4.79 Å². The largest absolute Gasteiger partial charge is 0.484 e. The Balaban J connectivity index is 1.47. The highest BCUT2D eigenvalue weighted by Gasteiger charge is 2.43. The molecule has 0 spiro atoms. The fraction of sp³-hybridized carbons (Fsp3) is 0.588. The number of likely N-dealkylation sites (tertiary alicyclic amines) is 1. The Morgan fingerprint density at radius 2 is 1.71 bits per heavy atom. The molecule has 1 aromatic rings. The number of hydrogen-bond acceptors (Lipinski definition) is 4. The maximum atomic E-state index is 12.8. The summed E-state index contributed by atoms with van der Waals surface area (Å²) in [6.45, 7) is 0.344. The van der Waals surface area contributed by atoms with Crippen LogP contribution in [0.2, 0.25) is 0 Å². The molecule has 3 rings (SSSR count). The van der Waals surface area contributed by atoms with E-state index >= 15 is 0 Å². The number of rotatable bonds is 5. The minimum absolute atomic E-state index is 0.165. The van der Waals surface area contributed by atoms with E-state index in [1.54, 1.807) is 0 Å². The van der Waals surface area contributed by atoms with Crippen molar-refractivity contribution in [1.29, 1.82) is 0 Å². The van der Waals surface area contributed by atoms with E-state index in [4.69, 9.17) is 4.74 Å². The summed E-state index contributed by atoms with van der Waals surface area (Å²) in [5.74, 6) is -0.196. The van der Waals surface area contributed by atoms with E-state index in [-0.39, 0.29) is 36.7 Å². The van der Waals surface area contributed by atoms with Crippen LogP contribution in [0.4, 0.5) is 4.39 Å². The number of ether oxygens (including phenoxy) is 1. The molecule has 1 aliphatic carbocycles. The van der Waals surface area contributed by atoms with Crippen molar-refractivity contribution in [2.24, 2.45) is 0 Å². The lowest BCUT2D eigenvalue weighted by Gasteiger charge is -2.40. The quantitative estimate of drug-likeness (QED) is 0.812. The van der Waals surface area contributed by atoms with E-state index in [2.05, 4.69) is 0 Å². The molecule has 7 heteroatoms. The number of amides is 1. The van der Waals surface area contributed by atoms with Crippen molar-refractivity contribution >= 4 is 15.7 Å². The van der Waals surface area contributed by atoms with Gasteiger partial charge < -0.3 is 9.64 Å². The number of benzene rings is 1. The summed E-state index contributed by atoms with van der Waals surface area (Å²) >= 11 is 0. The van der Waals surface area contributed by atoms with Crippen molar-refractivity contribution < 1.29 is 22.3 Å². The smallest absolute Gasteiger partial charge is 0.260 e. The Bertz CT molecular complexity index is 677. The third-order valence-electron chi connectivity index (χ3n) is 4.86. The summed E-state index contributed by atoms with van der Waals surface area (Å²) in [6.07, 6.45) is 4.57. The van der Waals surface area contributed by atoms with Gasteiger partial charge in [0.1, 0.15) is 11.6 Å². The second-order valence-electron chi connectivity index (χ2n) is 6.51. The monoisotopic (exact) mass is 355 g/mol. The van der Waals surface area contributed by atoms with Crippen LogP contribution in [-0.4, -0.2) is 49.4 Å². The SMILES string of the molecule is O=C(COc1ccc(F)cc1)N1CC(S(=O)(=O)C2CCCCC2)C1. The van der Waals surface area contributed by atoms with Gasteiger partial charge in [-0.25, -0.2) is 12.8 Å². The number of carbonyl (C=O) groups is 1. The number of hydrogen-bond donors (Lipinski definition) is 0. The average molecular weight is 355 g/mol. The van der Waals surface area contributed by atoms with Crippen molar-refractivity contribution in [1.82, 2.24) is 4.90 Å². The lowest BCUT2D eigenvalue weighted by molar-refractivity contribution is -0.136. The van der Waals surface area contributed by atoms with Crippen LogP contribution in [-0.2, 0) is 14.6 Å². The van der Waals surface area contributed by atoms with Gasteiger partial charge in [-0.05, 0) is 37.1 Å². The Morgan fingerprint density at radius 3 is 2.33 bits per heavy atom. The van der Waals surface area contributed by atoms with Crippen LogP contribution in [0, 0.1) is 5.82 Å². The molecule has 1 saturated heterocycles. The molecule has 0 atom stereocenters. The zero-order chi connectivity index (χ0) is 17.2. The first-order valence-corrected chi connectivity index (χ1v) is 9.96. The molecule has 1 saturated carbocycles. The highest BCUT2D eigenvalue weighted by molar-refractivity contribution is 7.92. The molecule has 1 heterocycles. The molecule has 2 fully saturated rings. The van der Waals surface area contributed by atoms with Crippen LogP contribution < -0.4 is 4.74 Å². The van der Waals surface area contributed by atoms with Gasteiger partial charge in [0.25, 0.3) is 5.91 Å². The van der Waals surface area contributed by atoms with E-state index in [9.17, 15) is 17.6 Å². The van der Waals surface area contributed by atoms with Gasteiger partial charge in [0.2, 0.25) is 0 Å². The summed E-state index contributed by atoms with van der Waals surface area (Å²) in [6, 6.07) is 5.43. The van der Waals surface area contributed by atoms with Gasteiger partial charge in [0, 0.05) is 13.1 Å². The van der Waals surface area contributed by atoms with Gasteiger partial charge >= 0.3 is 0 Å². The van der Waals surface area contributed by atoms with Gasteiger partial charge in [0.05, 0.1) is 10.5 Å². The average Bonchev–Trinajstić information content (AvgIpc) is 2.53. The van der Waals surface area contributed by atoms with Gasteiger partial charge in [-0.1, -0.05) is 19.3 Å². The fourth-order valence-corrected chi connectivity index (χ4v) is 5.59. The zero-order valence-corrected chi connectivity index (χ0v) is 14.3. The second-order valence-corrected chi connectivity index (χ2v) is 9.02. The van der Waals surface area contributed by atoms with E-state index in [0.29, 0.717) is 5.75 Å². The highest BCUT2D eigenvalue weighted by Crippen LogP contribution is 2.29. The molecule has 0 bridgehead atoms. The zero-order valence-electron chi connectivity index (χ0n) is 13.5. The summed E-state index contributed by atoms with van der Waals surface area (Å²) in [5.41, 5.74) is 0. The molecule has 24 heavy (non-hydrogen) atoms. The minimum Gasteiger partial charge on any atom is -0.484 e. The van der Waals surface area contributed by atoms with Gasteiger partial charge in [-0.2, -0.15) is 0 Å². The Morgan fingerprint density at radius 1 is 1.08 bits per heavy atom. The fourth-order valence-electron chi connectivity index (χ4n) is 3.28. The predicted molar refractivity (Wildman–Crippen MR) is 88.1 cm³/mol. The van der Waals surface area contributed by atoms with E-state index < -0.39 is 15.1 Å². The molecule has 0 N–H and O–H groups in total. The van der Waals surface area contributed by atoms with Crippen LogP contribution in [0.25, 0.3) is 0 Å². The standard InChI is InChI=1S/C17H22FNO4S/c18-13-6-8-14(9-7-13)23-12-17(20)19-10-16(11-19)24(21,22)15-4-2-1-3-5-15/h6-9,15-16H,1-5,10-12H2. The number of nitrogens with zero attached hydrogens (tertiary/aromatic N) is 1. The van der Waals surface area contributed by atoms with Crippen molar-refractivity contribution in [3.05, 3.63) is 30.1 Å². The molecule has 5 nitrogen and oxygen atoms in total. The summed E-state index contributed by atoms with van der Waals surface area (Å²) in [7, 11) is -3.14. The Hall–Kier alpha value is -1.63. The molecule has 1 aromatic carbocycles. The Labute approximate surface area is 141 Å². The second kappa shape index (κ2) is 7.09. The molecule has 1 amide bonds. The van der Waals surface area contributed by atoms with E-state index in [1.807, 2.05) is 0 Å². The minimum atomic E-state index is -3.14. The van der Waals surface area contributed by atoms with Gasteiger partial charge in [0.15, 0.2) is 16.4 Å².